The van der Waals surface area contributed by atoms with E-state index in [1.54, 1.807) is 19.1 Å². The van der Waals surface area contributed by atoms with Gasteiger partial charge in [-0.1, -0.05) is 58.8 Å². The number of aryl methyl sites for hydroxylation is 2. The first-order chi connectivity index (χ1) is 15.8. The Balaban J connectivity index is 1.66. The molecule has 2 heterocycles. The summed E-state index contributed by atoms with van der Waals surface area (Å²) in [4.78, 5) is 4.85. The molecule has 0 fully saturated rings. The normalized spacial score (nSPS) is 11.8. The van der Waals surface area contributed by atoms with Crippen molar-refractivity contribution in [3.63, 3.8) is 0 Å². The Kier molecular flexibility index (Phi) is 5.26. The molecule has 0 bridgehead atoms. The molecule has 9 heteroatoms. The predicted molar refractivity (Wildman–Crippen MR) is 128 cm³/mol. The molecular weight excluding hydrogens is 458 g/mol. The molecule has 0 saturated carbocycles. The van der Waals surface area contributed by atoms with Crippen molar-refractivity contribution in [3.8, 4) is 0 Å². The number of para-hydroxylation sites is 1. The summed E-state index contributed by atoms with van der Waals surface area (Å²) in [5.41, 5.74) is 3.53. The van der Waals surface area contributed by atoms with E-state index in [0.717, 1.165) is 16.5 Å². The highest BCUT2D eigenvalue weighted by molar-refractivity contribution is 7.91. The maximum atomic E-state index is 13.5. The second kappa shape index (κ2) is 8.13. The van der Waals surface area contributed by atoms with E-state index in [1.165, 1.54) is 4.52 Å². The highest BCUT2D eigenvalue weighted by atomic mass is 35.5. The average molecular weight is 478 g/mol. The number of anilines is 1. The van der Waals surface area contributed by atoms with Gasteiger partial charge in [0, 0.05) is 17.0 Å². The second-order valence-corrected chi connectivity index (χ2v) is 10.1. The number of hydrogen-bond donors (Lipinski definition) is 1. The summed E-state index contributed by atoms with van der Waals surface area (Å²) < 4.78 is 28.5. The second-order valence-electron chi connectivity index (χ2n) is 7.86. The Bertz CT molecular complexity index is 1610. The minimum atomic E-state index is -3.93. The molecule has 33 heavy (non-hydrogen) atoms. The summed E-state index contributed by atoms with van der Waals surface area (Å²) in [5.74, 6) is 0.549. The molecule has 0 spiro atoms. The molecule has 2 aromatic heterocycles. The van der Waals surface area contributed by atoms with Crippen molar-refractivity contribution >= 4 is 43.8 Å². The van der Waals surface area contributed by atoms with Crippen molar-refractivity contribution < 1.29 is 8.42 Å². The van der Waals surface area contributed by atoms with Crippen LogP contribution in [0.4, 0.5) is 5.82 Å². The Hall–Kier alpha value is -3.49. The average Bonchev–Trinajstić information content (AvgIpc) is 3.23. The molecule has 0 aliphatic carbocycles. The fraction of sp³-hybridized carbons (Fsp3) is 0.125. The number of fused-ring (bicyclic) bond motifs is 3. The lowest BCUT2D eigenvalue weighted by atomic mass is 10.2. The molecule has 5 rings (SSSR count). The van der Waals surface area contributed by atoms with E-state index in [9.17, 15) is 8.42 Å². The lowest BCUT2D eigenvalue weighted by Gasteiger charge is -2.11. The van der Waals surface area contributed by atoms with Crippen molar-refractivity contribution in [1.82, 2.24) is 19.8 Å². The Labute approximate surface area is 196 Å². The number of rotatable bonds is 5. The smallest absolute Gasteiger partial charge is 0.229 e. The molecule has 0 radical (unpaired) electrons. The predicted octanol–water partition coefficient (Wildman–Crippen LogP) is 4.99. The van der Waals surface area contributed by atoms with E-state index in [1.807, 2.05) is 61.5 Å². The number of nitrogens with zero attached hydrogens (tertiary/aromatic N) is 4. The lowest BCUT2D eigenvalue weighted by Crippen LogP contribution is -2.08. The van der Waals surface area contributed by atoms with Crippen LogP contribution in [-0.2, 0) is 16.4 Å². The van der Waals surface area contributed by atoms with Gasteiger partial charge in [0.2, 0.25) is 14.9 Å². The van der Waals surface area contributed by atoms with Crippen LogP contribution >= 0.6 is 11.6 Å². The first-order valence-electron chi connectivity index (χ1n) is 10.3. The summed E-state index contributed by atoms with van der Waals surface area (Å²) in [7, 11) is -3.93. The molecule has 0 atom stereocenters. The number of hydrogen-bond acceptors (Lipinski definition) is 6. The van der Waals surface area contributed by atoms with Gasteiger partial charge in [-0.15, -0.1) is 5.10 Å². The van der Waals surface area contributed by atoms with Crippen molar-refractivity contribution in [1.29, 1.82) is 0 Å². The SMILES string of the molecule is Cc1ccc(S(=O)(=O)c2nnn3c2nc(NCc2ccc(Cl)cc2)c2ccccc23)c(C)c1. The van der Waals surface area contributed by atoms with E-state index in [-0.39, 0.29) is 15.6 Å². The third-order valence-corrected chi connectivity index (χ3v) is 7.53. The molecule has 0 unspecified atom stereocenters. The van der Waals surface area contributed by atoms with Crippen LogP contribution in [-0.4, -0.2) is 28.2 Å². The minimum absolute atomic E-state index is 0.172. The van der Waals surface area contributed by atoms with Gasteiger partial charge >= 0.3 is 0 Å². The monoisotopic (exact) mass is 477 g/mol. The van der Waals surface area contributed by atoms with Crippen molar-refractivity contribution in [2.24, 2.45) is 0 Å². The summed E-state index contributed by atoms with van der Waals surface area (Å²) in [6.45, 7) is 4.18. The molecule has 3 aromatic carbocycles. The summed E-state index contributed by atoms with van der Waals surface area (Å²) in [6.07, 6.45) is 0. The molecule has 0 saturated heterocycles. The zero-order chi connectivity index (χ0) is 23.2. The van der Waals surface area contributed by atoms with Gasteiger partial charge in [-0.05, 0) is 55.3 Å². The quantitative estimate of drug-likeness (QED) is 0.383. The first-order valence-corrected chi connectivity index (χ1v) is 12.2. The Morgan fingerprint density at radius 3 is 2.52 bits per heavy atom. The zero-order valence-electron chi connectivity index (χ0n) is 17.9. The standard InChI is InChI=1S/C24H20ClN5O2S/c1-15-7-12-21(16(2)13-15)33(31,32)24-23-27-22(26-14-17-8-10-18(25)11-9-17)19-5-3-4-6-20(19)30(23)29-28-24/h3-13H,14H2,1-2H3,(H,26,27). The Morgan fingerprint density at radius 2 is 1.76 bits per heavy atom. The van der Waals surface area contributed by atoms with Crippen LogP contribution in [0.2, 0.25) is 5.02 Å². The number of benzene rings is 3. The van der Waals surface area contributed by atoms with Crippen LogP contribution in [0.1, 0.15) is 16.7 Å². The van der Waals surface area contributed by atoms with E-state index < -0.39 is 9.84 Å². The number of sulfone groups is 1. The molecule has 7 nitrogen and oxygen atoms in total. The third-order valence-electron chi connectivity index (χ3n) is 5.47. The van der Waals surface area contributed by atoms with Gasteiger partial charge in [-0.2, -0.15) is 4.52 Å². The van der Waals surface area contributed by atoms with E-state index in [0.29, 0.717) is 28.5 Å². The van der Waals surface area contributed by atoms with Crippen LogP contribution in [0.5, 0.6) is 0 Å². The summed E-state index contributed by atoms with van der Waals surface area (Å²) in [6, 6.07) is 20.2. The number of halogens is 1. The van der Waals surface area contributed by atoms with Crippen LogP contribution in [0.25, 0.3) is 16.6 Å². The van der Waals surface area contributed by atoms with Gasteiger partial charge < -0.3 is 5.32 Å². The molecule has 5 aromatic rings. The van der Waals surface area contributed by atoms with Gasteiger partial charge in [0.25, 0.3) is 0 Å². The third kappa shape index (κ3) is 3.81. The van der Waals surface area contributed by atoms with Crippen molar-refractivity contribution in [3.05, 3.63) is 88.4 Å². The largest absolute Gasteiger partial charge is 0.365 e. The van der Waals surface area contributed by atoms with Gasteiger partial charge in [0.1, 0.15) is 5.82 Å². The zero-order valence-corrected chi connectivity index (χ0v) is 19.5. The van der Waals surface area contributed by atoms with E-state index in [2.05, 4.69) is 20.6 Å². The highest BCUT2D eigenvalue weighted by Crippen LogP contribution is 2.29. The van der Waals surface area contributed by atoms with Crippen LogP contribution < -0.4 is 5.32 Å². The maximum Gasteiger partial charge on any atom is 0.229 e. The number of nitrogens with one attached hydrogen (secondary N) is 1. The topological polar surface area (TPSA) is 89.2 Å². The molecule has 166 valence electrons. The molecule has 0 aliphatic heterocycles. The number of aromatic nitrogens is 4. The fourth-order valence-corrected chi connectivity index (χ4v) is 5.43. The van der Waals surface area contributed by atoms with Crippen LogP contribution in [0.15, 0.2) is 76.7 Å². The van der Waals surface area contributed by atoms with E-state index >= 15 is 0 Å². The van der Waals surface area contributed by atoms with E-state index in [4.69, 9.17) is 11.6 Å². The van der Waals surface area contributed by atoms with Crippen LogP contribution in [0.3, 0.4) is 0 Å². The molecule has 0 amide bonds. The Morgan fingerprint density at radius 1 is 1.00 bits per heavy atom. The van der Waals surface area contributed by atoms with Gasteiger partial charge in [0.05, 0.1) is 10.4 Å². The summed E-state index contributed by atoms with van der Waals surface area (Å²) >= 11 is 5.98. The van der Waals surface area contributed by atoms with Gasteiger partial charge in [0.15, 0.2) is 5.65 Å². The maximum absolute atomic E-state index is 13.5. The minimum Gasteiger partial charge on any atom is -0.365 e. The molecular formula is C24H20ClN5O2S. The fourth-order valence-electron chi connectivity index (χ4n) is 3.85. The highest BCUT2D eigenvalue weighted by Gasteiger charge is 2.28. The van der Waals surface area contributed by atoms with Crippen molar-refractivity contribution in [2.75, 3.05) is 5.32 Å². The lowest BCUT2D eigenvalue weighted by molar-refractivity contribution is 0.592. The van der Waals surface area contributed by atoms with Gasteiger partial charge in [-0.25, -0.2) is 13.4 Å². The van der Waals surface area contributed by atoms with Crippen molar-refractivity contribution in [2.45, 2.75) is 30.3 Å². The molecule has 1 N–H and O–H groups in total. The molecule has 0 aliphatic rings. The van der Waals surface area contributed by atoms with Crippen LogP contribution in [0, 0.1) is 13.8 Å². The first kappa shape index (κ1) is 21.4. The summed E-state index contributed by atoms with van der Waals surface area (Å²) in [5, 5.41) is 12.8. The van der Waals surface area contributed by atoms with Gasteiger partial charge in [-0.3, -0.25) is 0 Å².